The van der Waals surface area contributed by atoms with Crippen molar-refractivity contribution >= 4 is 17.4 Å². The molecule has 112 valence electrons. The van der Waals surface area contributed by atoms with Crippen LogP contribution in [0.2, 0.25) is 0 Å². The molecule has 0 spiro atoms. The van der Waals surface area contributed by atoms with Gasteiger partial charge in [-0.3, -0.25) is 24.6 Å². The number of primary amides is 1. The molecule has 1 amide bonds. The molecular weight excluding hydrogens is 274 g/mol. The number of hydrogen-bond donors (Lipinski definition) is 1. The highest BCUT2D eigenvalue weighted by atomic mass is 16.6. The smallest absolute Gasteiger partial charge is 0.270 e. The van der Waals surface area contributed by atoms with Crippen LogP contribution in [0.5, 0.6) is 0 Å². The molecule has 1 heterocycles. The van der Waals surface area contributed by atoms with Crippen molar-refractivity contribution in [3.05, 3.63) is 39.9 Å². The topological polar surface area (TPSA) is 107 Å². The van der Waals surface area contributed by atoms with E-state index < -0.39 is 16.9 Å². The lowest BCUT2D eigenvalue weighted by molar-refractivity contribution is -0.384. The average molecular weight is 291 g/mol. The third-order valence-corrected chi connectivity index (χ3v) is 3.67. The first-order valence-electron chi connectivity index (χ1n) is 6.80. The van der Waals surface area contributed by atoms with Gasteiger partial charge < -0.3 is 5.73 Å². The lowest BCUT2D eigenvalue weighted by Crippen LogP contribution is -2.49. The highest BCUT2D eigenvalue weighted by molar-refractivity contribution is 5.98. The molecule has 0 bridgehead atoms. The first-order chi connectivity index (χ1) is 9.99. The van der Waals surface area contributed by atoms with Crippen molar-refractivity contribution in [2.45, 2.75) is 25.3 Å². The van der Waals surface area contributed by atoms with E-state index in [1.54, 1.807) is 11.0 Å². The summed E-state index contributed by atoms with van der Waals surface area (Å²) in [4.78, 5) is 35.6. The summed E-state index contributed by atoms with van der Waals surface area (Å²) in [6, 6.07) is 5.18. The number of nitrogens with zero attached hydrogens (tertiary/aromatic N) is 2. The SMILES string of the molecule is NC(=O)C1CCCCN1CC(=O)c1cccc([N+](=O)[O-])c1. The number of carbonyl (C=O) groups is 2. The number of non-ortho nitro benzene ring substituents is 1. The number of nitro groups is 1. The lowest BCUT2D eigenvalue weighted by atomic mass is 10.0. The van der Waals surface area contributed by atoms with Gasteiger partial charge in [-0.15, -0.1) is 0 Å². The number of likely N-dealkylation sites (tertiary alicyclic amines) is 1. The molecule has 1 aromatic carbocycles. The number of carbonyl (C=O) groups excluding carboxylic acids is 2. The fourth-order valence-electron chi connectivity index (χ4n) is 2.57. The zero-order valence-electron chi connectivity index (χ0n) is 11.5. The second-order valence-corrected chi connectivity index (χ2v) is 5.12. The van der Waals surface area contributed by atoms with E-state index in [1.807, 2.05) is 0 Å². The van der Waals surface area contributed by atoms with Gasteiger partial charge in [0, 0.05) is 17.7 Å². The Kier molecular flexibility index (Phi) is 4.64. The first kappa shape index (κ1) is 15.1. The van der Waals surface area contributed by atoms with Crippen LogP contribution in [0.1, 0.15) is 29.6 Å². The summed E-state index contributed by atoms with van der Waals surface area (Å²) in [5.41, 5.74) is 5.51. The zero-order valence-corrected chi connectivity index (χ0v) is 11.5. The molecule has 0 radical (unpaired) electrons. The molecule has 2 rings (SSSR count). The first-order valence-corrected chi connectivity index (χ1v) is 6.80. The van der Waals surface area contributed by atoms with Crippen molar-refractivity contribution in [3.63, 3.8) is 0 Å². The summed E-state index contributed by atoms with van der Waals surface area (Å²) in [6.45, 7) is 0.684. The fraction of sp³-hybridized carbons (Fsp3) is 0.429. The number of ketones is 1. The van der Waals surface area contributed by atoms with Crippen LogP contribution in [-0.4, -0.2) is 40.6 Å². The fourth-order valence-corrected chi connectivity index (χ4v) is 2.57. The van der Waals surface area contributed by atoms with E-state index in [1.165, 1.54) is 18.2 Å². The quantitative estimate of drug-likeness (QED) is 0.497. The summed E-state index contributed by atoms with van der Waals surface area (Å²) in [7, 11) is 0. The van der Waals surface area contributed by atoms with Gasteiger partial charge >= 0.3 is 0 Å². The Morgan fingerprint density at radius 3 is 2.81 bits per heavy atom. The molecule has 21 heavy (non-hydrogen) atoms. The maximum absolute atomic E-state index is 12.2. The van der Waals surface area contributed by atoms with Crippen molar-refractivity contribution in [1.29, 1.82) is 0 Å². The molecule has 0 aromatic heterocycles. The van der Waals surface area contributed by atoms with E-state index in [4.69, 9.17) is 5.73 Å². The van der Waals surface area contributed by atoms with Gasteiger partial charge in [0.1, 0.15) is 0 Å². The monoisotopic (exact) mass is 291 g/mol. The summed E-state index contributed by atoms with van der Waals surface area (Å²) in [5.74, 6) is -0.673. The number of nitrogens with two attached hydrogens (primary N) is 1. The second-order valence-electron chi connectivity index (χ2n) is 5.12. The minimum absolute atomic E-state index is 0.0504. The van der Waals surface area contributed by atoms with Crippen LogP contribution in [0.25, 0.3) is 0 Å². The Labute approximate surface area is 121 Å². The number of nitro benzene ring substituents is 1. The standard InChI is InChI=1S/C14H17N3O4/c15-14(19)12-6-1-2-7-16(12)9-13(18)10-4-3-5-11(8-10)17(20)21/h3-5,8,12H,1-2,6-7,9H2,(H2,15,19). The maximum atomic E-state index is 12.2. The Hall–Kier alpha value is -2.28. The molecule has 7 heteroatoms. The second kappa shape index (κ2) is 6.45. The lowest BCUT2D eigenvalue weighted by Gasteiger charge is -2.32. The van der Waals surface area contributed by atoms with Gasteiger partial charge in [0.05, 0.1) is 17.5 Å². The van der Waals surface area contributed by atoms with Crippen molar-refractivity contribution in [2.75, 3.05) is 13.1 Å². The highest BCUT2D eigenvalue weighted by Gasteiger charge is 2.28. The van der Waals surface area contributed by atoms with Crippen LogP contribution in [0.3, 0.4) is 0 Å². The van der Waals surface area contributed by atoms with Crippen molar-refractivity contribution in [3.8, 4) is 0 Å². The molecule has 2 N–H and O–H groups in total. The van der Waals surface area contributed by atoms with E-state index >= 15 is 0 Å². The van der Waals surface area contributed by atoms with E-state index in [2.05, 4.69) is 0 Å². The van der Waals surface area contributed by atoms with Gasteiger partial charge in [0.25, 0.3) is 5.69 Å². The van der Waals surface area contributed by atoms with Gasteiger partial charge in [0.15, 0.2) is 5.78 Å². The van der Waals surface area contributed by atoms with Crippen LogP contribution in [0, 0.1) is 10.1 Å². The van der Waals surface area contributed by atoms with Gasteiger partial charge in [-0.1, -0.05) is 18.6 Å². The molecule has 1 atom stereocenters. The predicted molar refractivity (Wildman–Crippen MR) is 75.8 cm³/mol. The van der Waals surface area contributed by atoms with Crippen molar-refractivity contribution < 1.29 is 14.5 Å². The molecule has 1 saturated heterocycles. The molecule has 1 unspecified atom stereocenters. The third kappa shape index (κ3) is 3.63. The molecule has 0 saturated carbocycles. The summed E-state index contributed by atoms with van der Waals surface area (Å²) in [6.07, 6.45) is 2.47. The number of Topliss-reactive ketones (excluding diaryl/α,β-unsaturated/α-hetero) is 1. The van der Waals surface area contributed by atoms with E-state index in [9.17, 15) is 19.7 Å². The summed E-state index contributed by atoms with van der Waals surface area (Å²) >= 11 is 0. The van der Waals surface area contributed by atoms with Crippen LogP contribution < -0.4 is 5.73 Å². The van der Waals surface area contributed by atoms with Crippen LogP contribution in [-0.2, 0) is 4.79 Å². The zero-order chi connectivity index (χ0) is 15.4. The van der Waals surface area contributed by atoms with Gasteiger partial charge in [-0.2, -0.15) is 0 Å². The Bertz CT molecular complexity index is 573. The molecule has 1 aliphatic heterocycles. The van der Waals surface area contributed by atoms with E-state index in [0.717, 1.165) is 12.8 Å². The number of amides is 1. The molecular formula is C14H17N3O4. The van der Waals surface area contributed by atoms with E-state index in [-0.39, 0.29) is 23.6 Å². The molecule has 1 aromatic rings. The van der Waals surface area contributed by atoms with E-state index in [0.29, 0.717) is 13.0 Å². The minimum atomic E-state index is -0.538. The summed E-state index contributed by atoms with van der Waals surface area (Å²) < 4.78 is 0. The Balaban J connectivity index is 2.11. The summed E-state index contributed by atoms with van der Waals surface area (Å²) in [5, 5.41) is 10.7. The molecule has 7 nitrogen and oxygen atoms in total. The predicted octanol–water partition coefficient (Wildman–Crippen LogP) is 1.12. The number of benzene rings is 1. The Morgan fingerprint density at radius 1 is 1.38 bits per heavy atom. The van der Waals surface area contributed by atoms with Crippen LogP contribution >= 0.6 is 0 Å². The van der Waals surface area contributed by atoms with Gasteiger partial charge in [-0.05, 0) is 19.4 Å². The maximum Gasteiger partial charge on any atom is 0.270 e. The minimum Gasteiger partial charge on any atom is -0.368 e. The normalized spacial score (nSPS) is 19.1. The molecule has 1 fully saturated rings. The van der Waals surface area contributed by atoms with Crippen LogP contribution in [0.15, 0.2) is 24.3 Å². The van der Waals surface area contributed by atoms with Crippen molar-refractivity contribution in [1.82, 2.24) is 4.90 Å². The van der Waals surface area contributed by atoms with Gasteiger partial charge in [-0.25, -0.2) is 0 Å². The largest absolute Gasteiger partial charge is 0.368 e. The average Bonchev–Trinajstić information content (AvgIpc) is 2.47. The highest BCUT2D eigenvalue weighted by Crippen LogP contribution is 2.19. The molecule has 0 aliphatic carbocycles. The third-order valence-electron chi connectivity index (χ3n) is 3.67. The van der Waals surface area contributed by atoms with Gasteiger partial charge in [0.2, 0.25) is 5.91 Å². The number of rotatable bonds is 5. The van der Waals surface area contributed by atoms with Crippen LogP contribution in [0.4, 0.5) is 5.69 Å². The number of hydrogen-bond acceptors (Lipinski definition) is 5. The molecule has 1 aliphatic rings. The Morgan fingerprint density at radius 2 is 2.14 bits per heavy atom. The number of piperidine rings is 1. The van der Waals surface area contributed by atoms with Crippen molar-refractivity contribution in [2.24, 2.45) is 5.73 Å².